The topological polar surface area (TPSA) is 15.8 Å². The minimum absolute atomic E-state index is 0. The maximum atomic E-state index is 3.31. The summed E-state index contributed by atoms with van der Waals surface area (Å²) in [6, 6.07) is 6.57. The molecule has 0 aliphatic carbocycles. The highest BCUT2D eigenvalue weighted by Crippen LogP contribution is 2.25. The lowest BCUT2D eigenvalue weighted by molar-refractivity contribution is 0.875. The van der Waals surface area contributed by atoms with Gasteiger partial charge in [-0.25, -0.2) is 0 Å². The molecule has 70 valence electrons. The van der Waals surface area contributed by atoms with Crippen LogP contribution in [-0.4, -0.2) is 4.98 Å². The van der Waals surface area contributed by atoms with Crippen molar-refractivity contribution in [1.29, 1.82) is 0 Å². The molecule has 0 fully saturated rings. The second-order valence-electron chi connectivity index (χ2n) is 3.95. The molecule has 1 aromatic heterocycles. The van der Waals surface area contributed by atoms with E-state index in [0.717, 1.165) is 0 Å². The van der Waals surface area contributed by atoms with Crippen molar-refractivity contribution in [2.75, 3.05) is 0 Å². The predicted molar refractivity (Wildman–Crippen MR) is 59.2 cm³/mol. The number of nitrogens with one attached hydrogen (secondary N) is 1. The van der Waals surface area contributed by atoms with Crippen LogP contribution < -0.4 is 0 Å². The monoisotopic (exact) mass is 175 g/mol. The Morgan fingerprint density at radius 1 is 1.31 bits per heavy atom. The molecule has 2 rings (SSSR count). The van der Waals surface area contributed by atoms with Crippen LogP contribution >= 0.6 is 0 Å². The summed E-state index contributed by atoms with van der Waals surface area (Å²) in [7, 11) is 0. The second-order valence-corrected chi connectivity index (χ2v) is 3.95. The molecule has 2 aromatic rings. The van der Waals surface area contributed by atoms with Gasteiger partial charge in [-0.05, 0) is 30.0 Å². The van der Waals surface area contributed by atoms with E-state index < -0.39 is 0 Å². The van der Waals surface area contributed by atoms with E-state index in [4.69, 9.17) is 0 Å². The Labute approximate surface area is 80.3 Å². The van der Waals surface area contributed by atoms with Crippen molar-refractivity contribution in [3.8, 4) is 0 Å². The lowest BCUT2D eigenvalue weighted by Crippen LogP contribution is -1.83. The van der Waals surface area contributed by atoms with Gasteiger partial charge in [0, 0.05) is 18.5 Å². The zero-order valence-electron chi connectivity index (χ0n) is 8.39. The lowest BCUT2D eigenvalue weighted by Gasteiger charge is -2.01. The normalized spacial score (nSPS) is 11.4. The molecule has 13 heavy (non-hydrogen) atoms. The van der Waals surface area contributed by atoms with Crippen LogP contribution in [0.3, 0.4) is 0 Å². The second kappa shape index (κ2) is 2.91. The zero-order chi connectivity index (χ0) is 9.42. The largest absolute Gasteiger partial charge is 0.361 e. The Morgan fingerprint density at radius 3 is 2.77 bits per heavy atom. The minimum atomic E-state index is 0. The molecule has 0 bridgehead atoms. The molecule has 0 aliphatic heterocycles. The highest BCUT2D eigenvalue weighted by Gasteiger charge is 2.06. The van der Waals surface area contributed by atoms with Crippen LogP contribution in [0, 0.1) is 6.92 Å². The number of hydrogen-bond donors (Lipinski definition) is 1. The van der Waals surface area contributed by atoms with Crippen molar-refractivity contribution in [3.05, 3.63) is 35.5 Å². The fraction of sp³-hybridized carbons (Fsp3) is 0.333. The third kappa shape index (κ3) is 1.35. The van der Waals surface area contributed by atoms with E-state index in [-0.39, 0.29) is 1.43 Å². The molecule has 1 aromatic carbocycles. The van der Waals surface area contributed by atoms with Crippen LogP contribution in [0.15, 0.2) is 24.4 Å². The van der Waals surface area contributed by atoms with Gasteiger partial charge in [0.15, 0.2) is 0 Å². The van der Waals surface area contributed by atoms with Gasteiger partial charge in [0.25, 0.3) is 0 Å². The maximum absolute atomic E-state index is 3.31. The average molecular weight is 175 g/mol. The summed E-state index contributed by atoms with van der Waals surface area (Å²) >= 11 is 0. The van der Waals surface area contributed by atoms with Crippen molar-refractivity contribution in [3.63, 3.8) is 0 Å². The van der Waals surface area contributed by atoms with E-state index in [0.29, 0.717) is 5.92 Å². The number of aromatic amines is 1. The lowest BCUT2D eigenvalue weighted by atomic mass is 10.0. The van der Waals surface area contributed by atoms with Crippen LogP contribution in [-0.2, 0) is 0 Å². The fourth-order valence-electron chi connectivity index (χ4n) is 1.74. The molecule has 0 radical (unpaired) electrons. The number of aromatic nitrogens is 1. The number of rotatable bonds is 1. The third-order valence-corrected chi connectivity index (χ3v) is 2.49. The van der Waals surface area contributed by atoms with Crippen LogP contribution in [0.2, 0.25) is 0 Å². The summed E-state index contributed by atoms with van der Waals surface area (Å²) in [4.78, 5) is 3.31. The van der Waals surface area contributed by atoms with Gasteiger partial charge >= 0.3 is 0 Å². The Bertz CT molecular complexity index is 429. The highest BCUT2D eigenvalue weighted by molar-refractivity contribution is 5.84. The van der Waals surface area contributed by atoms with Gasteiger partial charge < -0.3 is 4.98 Å². The van der Waals surface area contributed by atoms with Gasteiger partial charge in [-0.2, -0.15) is 0 Å². The Balaban J connectivity index is 0.000000980. The quantitative estimate of drug-likeness (QED) is 0.677. The Morgan fingerprint density at radius 2 is 2.08 bits per heavy atom. The standard InChI is InChI=1S/C12H15N.H2/c1-8(2)11-7-13-12-6-9(3)4-5-10(11)12;/h4-8,13H,1-3H3;1H. The van der Waals surface area contributed by atoms with E-state index in [9.17, 15) is 0 Å². The van der Waals surface area contributed by atoms with Crippen molar-refractivity contribution < 1.29 is 1.43 Å². The van der Waals surface area contributed by atoms with Gasteiger partial charge in [-0.15, -0.1) is 0 Å². The summed E-state index contributed by atoms with van der Waals surface area (Å²) in [6.45, 7) is 6.57. The molecular weight excluding hydrogens is 158 g/mol. The molecular formula is C12H17N. The summed E-state index contributed by atoms with van der Waals surface area (Å²) in [5.74, 6) is 0.594. The number of benzene rings is 1. The van der Waals surface area contributed by atoms with Crippen molar-refractivity contribution in [2.45, 2.75) is 26.7 Å². The Kier molecular flexibility index (Phi) is 1.87. The fourth-order valence-corrected chi connectivity index (χ4v) is 1.74. The highest BCUT2D eigenvalue weighted by atomic mass is 14.7. The molecule has 0 amide bonds. The van der Waals surface area contributed by atoms with Gasteiger partial charge in [0.2, 0.25) is 0 Å². The first kappa shape index (κ1) is 8.36. The van der Waals surface area contributed by atoms with E-state index >= 15 is 0 Å². The summed E-state index contributed by atoms with van der Waals surface area (Å²) in [6.07, 6.45) is 2.12. The van der Waals surface area contributed by atoms with Gasteiger partial charge in [-0.3, -0.25) is 0 Å². The molecule has 1 heterocycles. The van der Waals surface area contributed by atoms with Gasteiger partial charge in [0.05, 0.1) is 0 Å². The molecule has 0 unspecified atom stereocenters. The molecule has 1 nitrogen and oxygen atoms in total. The van der Waals surface area contributed by atoms with Crippen molar-refractivity contribution >= 4 is 10.9 Å². The maximum Gasteiger partial charge on any atom is 0.0459 e. The van der Waals surface area contributed by atoms with Crippen LogP contribution in [0.5, 0.6) is 0 Å². The zero-order valence-corrected chi connectivity index (χ0v) is 8.39. The molecule has 0 saturated carbocycles. The summed E-state index contributed by atoms with van der Waals surface area (Å²) in [5.41, 5.74) is 3.98. The first-order valence-corrected chi connectivity index (χ1v) is 4.76. The van der Waals surface area contributed by atoms with Gasteiger partial charge in [-0.1, -0.05) is 26.0 Å². The smallest absolute Gasteiger partial charge is 0.0459 e. The SMILES string of the molecule is Cc1ccc2c(C(C)C)c[nH]c2c1.[HH]. The third-order valence-electron chi connectivity index (χ3n) is 2.49. The first-order valence-electron chi connectivity index (χ1n) is 4.76. The average Bonchev–Trinajstić information content (AvgIpc) is 2.46. The summed E-state index contributed by atoms with van der Waals surface area (Å²) < 4.78 is 0. The minimum Gasteiger partial charge on any atom is -0.361 e. The number of aryl methyl sites for hydroxylation is 1. The predicted octanol–water partition coefficient (Wildman–Crippen LogP) is 3.85. The van der Waals surface area contributed by atoms with E-state index in [2.05, 4.69) is 50.2 Å². The molecule has 1 N–H and O–H groups in total. The molecule has 0 atom stereocenters. The number of hydrogen-bond acceptors (Lipinski definition) is 0. The van der Waals surface area contributed by atoms with E-state index in [1.165, 1.54) is 22.0 Å². The molecule has 0 aliphatic rings. The van der Waals surface area contributed by atoms with E-state index in [1.54, 1.807) is 0 Å². The molecule has 1 heteroatoms. The van der Waals surface area contributed by atoms with Gasteiger partial charge in [0.1, 0.15) is 0 Å². The first-order chi connectivity index (χ1) is 6.18. The molecule has 0 spiro atoms. The number of fused-ring (bicyclic) bond motifs is 1. The number of H-pyrrole nitrogens is 1. The van der Waals surface area contributed by atoms with Crippen LogP contribution in [0.1, 0.15) is 32.3 Å². The summed E-state index contributed by atoms with van der Waals surface area (Å²) in [5, 5.41) is 1.36. The van der Waals surface area contributed by atoms with E-state index in [1.807, 2.05) is 0 Å². The van der Waals surface area contributed by atoms with Crippen LogP contribution in [0.25, 0.3) is 10.9 Å². The molecule has 0 saturated heterocycles. The Hall–Kier alpha value is -1.24. The van der Waals surface area contributed by atoms with Crippen LogP contribution in [0.4, 0.5) is 0 Å². The van der Waals surface area contributed by atoms with Crippen molar-refractivity contribution in [1.82, 2.24) is 4.98 Å². The van der Waals surface area contributed by atoms with Crippen molar-refractivity contribution in [2.24, 2.45) is 0 Å².